The Morgan fingerprint density at radius 2 is 2.35 bits per heavy atom. The van der Waals surface area contributed by atoms with Crippen LogP contribution in [-0.2, 0) is 9.53 Å². The van der Waals surface area contributed by atoms with Crippen LogP contribution in [0.3, 0.4) is 0 Å². The van der Waals surface area contributed by atoms with Crippen LogP contribution in [-0.4, -0.2) is 47.2 Å². The highest BCUT2D eigenvalue weighted by Crippen LogP contribution is 2.29. The third-order valence-electron chi connectivity index (χ3n) is 4.69. The number of ether oxygens (including phenoxy) is 1. The first-order valence-corrected chi connectivity index (χ1v) is 11.2. The van der Waals surface area contributed by atoms with Crippen LogP contribution in [0.1, 0.15) is 51.9 Å². The van der Waals surface area contributed by atoms with Gasteiger partial charge in [0.15, 0.2) is 4.34 Å². The Labute approximate surface area is 163 Å². The second kappa shape index (κ2) is 10.3. The van der Waals surface area contributed by atoms with Crippen LogP contribution >= 0.6 is 23.1 Å². The summed E-state index contributed by atoms with van der Waals surface area (Å²) in [6, 6.07) is 0. The summed E-state index contributed by atoms with van der Waals surface area (Å²) in [5.74, 6) is 0.0653. The number of carbonyl (C=O) groups is 1. The molecule has 1 aliphatic carbocycles. The first-order chi connectivity index (χ1) is 12.7. The van der Waals surface area contributed by atoms with Crippen molar-refractivity contribution in [2.45, 2.75) is 67.6 Å². The number of hydrogen-bond donors (Lipinski definition) is 2. The third-order valence-corrected chi connectivity index (χ3v) is 6.75. The van der Waals surface area contributed by atoms with Crippen molar-refractivity contribution in [1.29, 1.82) is 0 Å². The van der Waals surface area contributed by atoms with Crippen LogP contribution in [0.25, 0.3) is 0 Å². The SMILES string of the molecule is CC(Sc1nnc(NCC2CCCO2)s1)C(=O)NCCC1=CCCCC1. The normalized spacial score (nSPS) is 21.3. The van der Waals surface area contributed by atoms with Gasteiger partial charge in [-0.15, -0.1) is 10.2 Å². The smallest absolute Gasteiger partial charge is 0.233 e. The van der Waals surface area contributed by atoms with Crippen molar-refractivity contribution in [1.82, 2.24) is 15.5 Å². The van der Waals surface area contributed by atoms with Crippen molar-refractivity contribution in [3.8, 4) is 0 Å². The number of allylic oxidation sites excluding steroid dienone is 1. The number of carbonyl (C=O) groups excluding carboxylic acids is 1. The Morgan fingerprint density at radius 1 is 1.42 bits per heavy atom. The molecular weight excluding hydrogens is 368 g/mol. The lowest BCUT2D eigenvalue weighted by Crippen LogP contribution is -2.31. The minimum atomic E-state index is -0.172. The molecule has 2 aliphatic rings. The fourth-order valence-electron chi connectivity index (χ4n) is 3.16. The first-order valence-electron chi connectivity index (χ1n) is 9.52. The molecule has 3 rings (SSSR count). The van der Waals surface area contributed by atoms with Crippen LogP contribution in [0, 0.1) is 0 Å². The van der Waals surface area contributed by atoms with Gasteiger partial charge in [0.1, 0.15) is 0 Å². The van der Waals surface area contributed by atoms with Gasteiger partial charge >= 0.3 is 0 Å². The van der Waals surface area contributed by atoms with Crippen LogP contribution in [0.4, 0.5) is 5.13 Å². The van der Waals surface area contributed by atoms with Gasteiger partial charge in [-0.1, -0.05) is 34.7 Å². The van der Waals surface area contributed by atoms with E-state index < -0.39 is 0 Å². The second-order valence-corrected chi connectivity index (χ2v) is 9.36. The topological polar surface area (TPSA) is 76.1 Å². The van der Waals surface area contributed by atoms with Gasteiger partial charge in [0, 0.05) is 19.7 Å². The zero-order valence-electron chi connectivity index (χ0n) is 15.3. The lowest BCUT2D eigenvalue weighted by molar-refractivity contribution is -0.120. The molecule has 1 saturated heterocycles. The first kappa shape index (κ1) is 19.6. The number of hydrogen-bond acceptors (Lipinski definition) is 7. The summed E-state index contributed by atoms with van der Waals surface area (Å²) >= 11 is 2.96. The number of rotatable bonds is 9. The molecule has 1 fully saturated rings. The van der Waals surface area contributed by atoms with Crippen molar-refractivity contribution in [3.63, 3.8) is 0 Å². The summed E-state index contributed by atoms with van der Waals surface area (Å²) in [6.07, 6.45) is 10.8. The van der Waals surface area contributed by atoms with Crippen LogP contribution in [0.15, 0.2) is 16.0 Å². The molecule has 1 aromatic rings. The molecule has 1 aliphatic heterocycles. The molecule has 8 heteroatoms. The highest BCUT2D eigenvalue weighted by atomic mass is 32.2. The van der Waals surface area contributed by atoms with Crippen molar-refractivity contribution in [3.05, 3.63) is 11.6 Å². The minimum Gasteiger partial charge on any atom is -0.376 e. The van der Waals surface area contributed by atoms with Gasteiger partial charge in [-0.25, -0.2) is 0 Å². The fraction of sp³-hybridized carbons (Fsp3) is 0.722. The van der Waals surface area contributed by atoms with Gasteiger partial charge in [0.2, 0.25) is 11.0 Å². The molecule has 26 heavy (non-hydrogen) atoms. The van der Waals surface area contributed by atoms with Crippen LogP contribution < -0.4 is 10.6 Å². The minimum absolute atomic E-state index is 0.0653. The Kier molecular flexibility index (Phi) is 7.76. The van der Waals surface area contributed by atoms with Gasteiger partial charge in [0.05, 0.1) is 11.4 Å². The second-order valence-electron chi connectivity index (χ2n) is 6.80. The van der Waals surface area contributed by atoms with E-state index in [0.29, 0.717) is 0 Å². The average Bonchev–Trinajstić information content (AvgIpc) is 3.32. The maximum atomic E-state index is 12.3. The molecule has 0 bridgehead atoms. The monoisotopic (exact) mass is 396 g/mol. The zero-order valence-corrected chi connectivity index (χ0v) is 17.0. The number of anilines is 1. The predicted molar refractivity (Wildman–Crippen MR) is 107 cm³/mol. The van der Waals surface area contributed by atoms with E-state index in [2.05, 4.69) is 26.9 Å². The largest absolute Gasteiger partial charge is 0.376 e. The summed E-state index contributed by atoms with van der Waals surface area (Å²) in [5.41, 5.74) is 1.49. The Balaban J connectivity index is 1.35. The summed E-state index contributed by atoms with van der Waals surface area (Å²) in [6.45, 7) is 4.26. The Morgan fingerprint density at radius 3 is 3.12 bits per heavy atom. The third kappa shape index (κ3) is 6.25. The van der Waals surface area contributed by atoms with E-state index in [0.717, 1.165) is 48.4 Å². The zero-order chi connectivity index (χ0) is 18.2. The molecule has 0 spiro atoms. The molecule has 1 aromatic heterocycles. The van der Waals surface area contributed by atoms with E-state index in [-0.39, 0.29) is 17.3 Å². The summed E-state index contributed by atoms with van der Waals surface area (Å²) in [5, 5.41) is 15.3. The van der Waals surface area contributed by atoms with Gasteiger partial charge in [-0.2, -0.15) is 0 Å². The Bertz CT molecular complexity index is 614. The number of thioether (sulfide) groups is 1. The van der Waals surface area contributed by atoms with Crippen molar-refractivity contribution in [2.75, 3.05) is 25.0 Å². The molecule has 144 valence electrons. The van der Waals surface area contributed by atoms with Crippen molar-refractivity contribution in [2.24, 2.45) is 0 Å². The summed E-state index contributed by atoms with van der Waals surface area (Å²) in [7, 11) is 0. The van der Waals surface area contributed by atoms with E-state index in [9.17, 15) is 4.79 Å². The predicted octanol–water partition coefficient (Wildman–Crippen LogP) is 3.62. The number of aromatic nitrogens is 2. The van der Waals surface area contributed by atoms with E-state index in [1.807, 2.05) is 6.92 Å². The fourth-order valence-corrected chi connectivity index (χ4v) is 5.09. The molecule has 6 nitrogen and oxygen atoms in total. The average molecular weight is 397 g/mol. The van der Waals surface area contributed by atoms with E-state index in [1.54, 1.807) is 0 Å². The molecule has 0 radical (unpaired) electrons. The van der Waals surface area contributed by atoms with Gasteiger partial charge in [0.25, 0.3) is 0 Å². The molecule has 0 saturated carbocycles. The quantitative estimate of drug-likeness (QED) is 0.490. The highest BCUT2D eigenvalue weighted by molar-refractivity contribution is 8.02. The Hall–Kier alpha value is -1.12. The number of nitrogens with one attached hydrogen (secondary N) is 2. The van der Waals surface area contributed by atoms with Gasteiger partial charge in [-0.3, -0.25) is 4.79 Å². The van der Waals surface area contributed by atoms with Crippen molar-refractivity contribution >= 4 is 34.1 Å². The molecule has 2 N–H and O–H groups in total. The van der Waals surface area contributed by atoms with Crippen LogP contribution in [0.2, 0.25) is 0 Å². The maximum absolute atomic E-state index is 12.3. The molecule has 0 aromatic carbocycles. The molecule has 1 amide bonds. The van der Waals surface area contributed by atoms with E-state index in [4.69, 9.17) is 4.74 Å². The summed E-state index contributed by atoms with van der Waals surface area (Å²) < 4.78 is 6.41. The lowest BCUT2D eigenvalue weighted by Gasteiger charge is -2.14. The van der Waals surface area contributed by atoms with Gasteiger partial charge < -0.3 is 15.4 Å². The van der Waals surface area contributed by atoms with E-state index in [1.165, 1.54) is 54.4 Å². The summed E-state index contributed by atoms with van der Waals surface area (Å²) in [4.78, 5) is 12.3. The van der Waals surface area contributed by atoms with Gasteiger partial charge in [-0.05, 0) is 51.9 Å². The van der Waals surface area contributed by atoms with E-state index >= 15 is 0 Å². The molecule has 2 heterocycles. The molecule has 2 atom stereocenters. The highest BCUT2D eigenvalue weighted by Gasteiger charge is 2.18. The van der Waals surface area contributed by atoms with Crippen molar-refractivity contribution < 1.29 is 9.53 Å². The number of amides is 1. The number of nitrogens with zero attached hydrogens (tertiary/aromatic N) is 2. The lowest BCUT2D eigenvalue weighted by atomic mass is 9.97. The maximum Gasteiger partial charge on any atom is 0.233 e. The van der Waals surface area contributed by atoms with Crippen LogP contribution in [0.5, 0.6) is 0 Å². The standard InChI is InChI=1S/C18H28N4O2S2/c1-13(16(23)19-10-9-14-6-3-2-4-7-14)25-18-22-21-17(26-18)20-12-15-8-5-11-24-15/h6,13,15H,2-5,7-12H2,1H3,(H,19,23)(H,20,21). The molecule has 2 unspecified atom stereocenters. The molecular formula is C18H28N4O2S2.